The van der Waals surface area contributed by atoms with Crippen LogP contribution in [0.1, 0.15) is 34.0 Å². The molecule has 6 heteroatoms. The fraction of sp³-hybridized carbons (Fsp3) is 0.400. The van der Waals surface area contributed by atoms with Gasteiger partial charge in [-0.2, -0.15) is 5.10 Å². The average Bonchev–Trinajstić information content (AvgIpc) is 3.03. The van der Waals surface area contributed by atoms with Gasteiger partial charge >= 0.3 is 0 Å². The highest BCUT2D eigenvalue weighted by Gasteiger charge is 2.20. The van der Waals surface area contributed by atoms with Crippen LogP contribution in [0.4, 0.5) is 0 Å². The van der Waals surface area contributed by atoms with Gasteiger partial charge in [0.15, 0.2) is 0 Å². The Bertz CT molecular complexity index is 668. The van der Waals surface area contributed by atoms with Crippen molar-refractivity contribution >= 4 is 11.6 Å². The molecule has 2 aromatic rings. The fourth-order valence-electron chi connectivity index (χ4n) is 2.79. The minimum Gasteiger partial charge on any atom is -0.372 e. The monoisotopic (exact) mass is 306 g/mol. The van der Waals surface area contributed by atoms with Crippen molar-refractivity contribution in [3.63, 3.8) is 0 Å². The second-order valence-corrected chi connectivity index (χ2v) is 5.78. The van der Waals surface area contributed by atoms with Gasteiger partial charge in [0.05, 0.1) is 24.9 Å². The third-order valence-corrected chi connectivity index (χ3v) is 4.50. The molecule has 0 bridgehead atoms. The number of fused-ring (bicyclic) bond motifs is 1. The molecule has 0 saturated heterocycles. The summed E-state index contributed by atoms with van der Waals surface area (Å²) in [6.45, 7) is 3.34. The summed E-state index contributed by atoms with van der Waals surface area (Å²) in [7, 11) is 1.84. The highest BCUT2D eigenvalue weighted by molar-refractivity contribution is 6.30. The molecule has 3 N–H and O–H groups in total. The van der Waals surface area contributed by atoms with E-state index in [1.165, 1.54) is 11.1 Å². The Hall–Kier alpha value is -1.40. The highest BCUT2D eigenvalue weighted by Crippen LogP contribution is 2.28. The van der Waals surface area contributed by atoms with Gasteiger partial charge in [-0.05, 0) is 30.0 Å². The van der Waals surface area contributed by atoms with Crippen molar-refractivity contribution in [1.29, 1.82) is 0 Å². The Morgan fingerprint density at radius 1 is 1.43 bits per heavy atom. The van der Waals surface area contributed by atoms with Crippen molar-refractivity contribution in [2.75, 3.05) is 0 Å². The third kappa shape index (κ3) is 2.70. The van der Waals surface area contributed by atoms with E-state index in [9.17, 15) is 0 Å². The lowest BCUT2D eigenvalue weighted by Gasteiger charge is -2.17. The standard InChI is InChI=1S/C15H19ClN4O/c1-9-13(15(16)20(2)19-9)6-14(18-17)10-3-4-11-7-21-8-12(11)5-10/h3-5,14,18H,6-8,17H2,1-2H3. The number of nitrogens with two attached hydrogens (primary N) is 1. The number of hydrazine groups is 1. The van der Waals surface area contributed by atoms with E-state index < -0.39 is 0 Å². The number of hydrogen-bond donors (Lipinski definition) is 2. The van der Waals surface area contributed by atoms with E-state index in [4.69, 9.17) is 22.2 Å². The lowest BCUT2D eigenvalue weighted by atomic mass is 9.96. The van der Waals surface area contributed by atoms with Gasteiger partial charge in [0.1, 0.15) is 5.15 Å². The second-order valence-electron chi connectivity index (χ2n) is 5.42. The largest absolute Gasteiger partial charge is 0.372 e. The average molecular weight is 307 g/mol. The molecule has 3 rings (SSSR count). The molecule has 2 heterocycles. The predicted molar refractivity (Wildman–Crippen MR) is 81.7 cm³/mol. The molecule has 0 aliphatic carbocycles. The van der Waals surface area contributed by atoms with Crippen LogP contribution in [0, 0.1) is 6.92 Å². The van der Waals surface area contributed by atoms with Crippen LogP contribution in [0.2, 0.25) is 5.15 Å². The van der Waals surface area contributed by atoms with Crippen molar-refractivity contribution in [1.82, 2.24) is 15.2 Å². The van der Waals surface area contributed by atoms with Gasteiger partial charge in [0, 0.05) is 12.6 Å². The first kappa shape index (κ1) is 14.5. The lowest BCUT2D eigenvalue weighted by molar-refractivity contribution is 0.134. The van der Waals surface area contributed by atoms with Gasteiger partial charge in [-0.3, -0.25) is 16.0 Å². The first-order chi connectivity index (χ1) is 10.1. The van der Waals surface area contributed by atoms with Crippen molar-refractivity contribution in [3.05, 3.63) is 51.3 Å². The van der Waals surface area contributed by atoms with Gasteiger partial charge in [0.25, 0.3) is 0 Å². The first-order valence-corrected chi connectivity index (χ1v) is 7.31. The Balaban J connectivity index is 1.88. The van der Waals surface area contributed by atoms with E-state index in [0.717, 1.165) is 16.8 Å². The molecule has 0 radical (unpaired) electrons. The molecule has 0 amide bonds. The summed E-state index contributed by atoms with van der Waals surface area (Å²) < 4.78 is 7.15. The van der Waals surface area contributed by atoms with E-state index in [1.807, 2.05) is 14.0 Å². The molecule has 1 aliphatic rings. The van der Waals surface area contributed by atoms with Gasteiger partial charge < -0.3 is 4.74 Å². The topological polar surface area (TPSA) is 65.1 Å². The zero-order chi connectivity index (χ0) is 15.0. The van der Waals surface area contributed by atoms with Crippen molar-refractivity contribution in [2.24, 2.45) is 12.9 Å². The van der Waals surface area contributed by atoms with Crippen molar-refractivity contribution in [2.45, 2.75) is 32.6 Å². The zero-order valence-corrected chi connectivity index (χ0v) is 12.9. The Morgan fingerprint density at radius 2 is 2.19 bits per heavy atom. The minimum atomic E-state index is -0.00343. The first-order valence-electron chi connectivity index (χ1n) is 6.93. The van der Waals surface area contributed by atoms with E-state index in [1.54, 1.807) is 4.68 Å². The molecule has 0 spiro atoms. The highest BCUT2D eigenvalue weighted by atomic mass is 35.5. The molecule has 1 aliphatic heterocycles. The smallest absolute Gasteiger partial charge is 0.130 e. The van der Waals surface area contributed by atoms with Crippen molar-refractivity contribution in [3.8, 4) is 0 Å². The maximum Gasteiger partial charge on any atom is 0.130 e. The summed E-state index contributed by atoms with van der Waals surface area (Å²) in [5.41, 5.74) is 8.48. The lowest BCUT2D eigenvalue weighted by Crippen LogP contribution is -2.29. The number of halogens is 1. The van der Waals surface area contributed by atoms with Crippen LogP contribution in [-0.2, 0) is 31.4 Å². The van der Waals surface area contributed by atoms with E-state index >= 15 is 0 Å². The minimum absolute atomic E-state index is 0.00343. The molecule has 1 aromatic carbocycles. The van der Waals surface area contributed by atoms with E-state index in [0.29, 0.717) is 24.8 Å². The summed E-state index contributed by atoms with van der Waals surface area (Å²) in [4.78, 5) is 0. The fourth-order valence-corrected chi connectivity index (χ4v) is 3.04. The van der Waals surface area contributed by atoms with E-state index in [-0.39, 0.29) is 6.04 Å². The third-order valence-electron chi connectivity index (χ3n) is 4.03. The number of aromatic nitrogens is 2. The molecule has 1 aromatic heterocycles. The number of benzene rings is 1. The predicted octanol–water partition coefficient (Wildman–Crippen LogP) is 2.16. The molecule has 0 saturated carbocycles. The molecule has 1 unspecified atom stereocenters. The Labute approximate surface area is 129 Å². The van der Waals surface area contributed by atoms with Crippen LogP contribution in [0.25, 0.3) is 0 Å². The number of rotatable bonds is 4. The number of hydrogen-bond acceptors (Lipinski definition) is 4. The van der Waals surface area contributed by atoms with Crippen LogP contribution in [-0.4, -0.2) is 9.78 Å². The van der Waals surface area contributed by atoms with Crippen LogP contribution in [0.3, 0.4) is 0 Å². The van der Waals surface area contributed by atoms with Crippen LogP contribution < -0.4 is 11.3 Å². The second kappa shape index (κ2) is 5.77. The summed E-state index contributed by atoms with van der Waals surface area (Å²) in [5, 5.41) is 5.01. The molecule has 0 fully saturated rings. The van der Waals surface area contributed by atoms with Crippen LogP contribution in [0.5, 0.6) is 0 Å². The van der Waals surface area contributed by atoms with E-state index in [2.05, 4.69) is 28.7 Å². The molecular formula is C15H19ClN4O. The van der Waals surface area contributed by atoms with Gasteiger partial charge in [-0.15, -0.1) is 0 Å². The van der Waals surface area contributed by atoms with Crippen molar-refractivity contribution < 1.29 is 4.74 Å². The maximum absolute atomic E-state index is 6.31. The molecule has 112 valence electrons. The molecular weight excluding hydrogens is 288 g/mol. The van der Waals surface area contributed by atoms with Crippen LogP contribution >= 0.6 is 11.6 Å². The normalized spacial score (nSPS) is 15.2. The van der Waals surface area contributed by atoms with Gasteiger partial charge in [-0.1, -0.05) is 29.8 Å². The summed E-state index contributed by atoms with van der Waals surface area (Å²) in [6, 6.07) is 6.36. The SMILES string of the molecule is Cc1nn(C)c(Cl)c1CC(NN)c1ccc2c(c1)COC2. The molecule has 21 heavy (non-hydrogen) atoms. The number of nitrogens with zero attached hydrogens (tertiary/aromatic N) is 2. The number of nitrogens with one attached hydrogen (secondary N) is 1. The molecule has 5 nitrogen and oxygen atoms in total. The Kier molecular flexibility index (Phi) is 3.99. The molecule has 1 atom stereocenters. The number of ether oxygens (including phenoxy) is 1. The van der Waals surface area contributed by atoms with Gasteiger partial charge in [-0.25, -0.2) is 0 Å². The van der Waals surface area contributed by atoms with Gasteiger partial charge in [0.2, 0.25) is 0 Å². The Morgan fingerprint density at radius 3 is 2.86 bits per heavy atom. The summed E-state index contributed by atoms with van der Waals surface area (Å²) in [5.74, 6) is 5.75. The summed E-state index contributed by atoms with van der Waals surface area (Å²) >= 11 is 6.31. The summed E-state index contributed by atoms with van der Waals surface area (Å²) in [6.07, 6.45) is 0.703. The number of aryl methyl sites for hydroxylation is 2. The van der Waals surface area contributed by atoms with Crippen LogP contribution in [0.15, 0.2) is 18.2 Å². The zero-order valence-electron chi connectivity index (χ0n) is 12.2. The quantitative estimate of drug-likeness (QED) is 0.671. The maximum atomic E-state index is 6.31.